The summed E-state index contributed by atoms with van der Waals surface area (Å²) in [5.74, 6) is -2.30. The number of rotatable bonds is 6. The van der Waals surface area contributed by atoms with Gasteiger partial charge >= 0.3 is 11.9 Å². The Labute approximate surface area is 124 Å². The molecule has 1 aliphatic heterocycles. The summed E-state index contributed by atoms with van der Waals surface area (Å²) in [6.07, 6.45) is 0.531. The molecule has 0 bridgehead atoms. The summed E-state index contributed by atoms with van der Waals surface area (Å²) in [5, 5.41) is 11.6. The number of aliphatic carboxylic acids is 1. The fourth-order valence-electron chi connectivity index (χ4n) is 1.94. The maximum atomic E-state index is 11.9. The zero-order chi connectivity index (χ0) is 16.0. The molecule has 0 aliphatic carbocycles. The highest BCUT2D eigenvalue weighted by molar-refractivity contribution is 5.85. The van der Waals surface area contributed by atoms with Gasteiger partial charge in [0.15, 0.2) is 0 Å². The molecule has 0 spiro atoms. The molecule has 1 aliphatic rings. The third-order valence-corrected chi connectivity index (χ3v) is 2.97. The van der Waals surface area contributed by atoms with Gasteiger partial charge in [0.05, 0.1) is 12.5 Å². The number of carbonyl (C=O) groups excluding carboxylic acids is 2. The Morgan fingerprint density at radius 2 is 2.05 bits per heavy atom. The number of hydrogen-bond donors (Lipinski definition) is 2. The van der Waals surface area contributed by atoms with Gasteiger partial charge in [-0.25, -0.2) is 4.79 Å². The van der Waals surface area contributed by atoms with Crippen molar-refractivity contribution in [2.24, 2.45) is 5.92 Å². The first-order valence-corrected chi connectivity index (χ1v) is 7.02. The Bertz CT molecular complexity index is 395. The van der Waals surface area contributed by atoms with Crippen LogP contribution in [0.3, 0.4) is 0 Å². The summed E-state index contributed by atoms with van der Waals surface area (Å²) in [6.45, 7) is 6.03. The zero-order valence-corrected chi connectivity index (χ0v) is 12.7. The Kier molecular flexibility index (Phi) is 6.14. The summed E-state index contributed by atoms with van der Waals surface area (Å²) in [5.41, 5.74) is -0.611. The Hall–Kier alpha value is -1.63. The van der Waals surface area contributed by atoms with Gasteiger partial charge in [0.1, 0.15) is 11.6 Å². The van der Waals surface area contributed by atoms with Crippen LogP contribution in [0, 0.1) is 5.92 Å². The Morgan fingerprint density at radius 3 is 2.52 bits per heavy atom. The molecule has 7 nitrogen and oxygen atoms in total. The van der Waals surface area contributed by atoms with Crippen molar-refractivity contribution in [3.8, 4) is 0 Å². The van der Waals surface area contributed by atoms with Crippen LogP contribution in [0.5, 0.6) is 0 Å². The lowest BCUT2D eigenvalue weighted by Crippen LogP contribution is -2.44. The monoisotopic (exact) mass is 301 g/mol. The van der Waals surface area contributed by atoms with Gasteiger partial charge < -0.3 is 19.9 Å². The minimum atomic E-state index is -1.16. The van der Waals surface area contributed by atoms with Crippen molar-refractivity contribution in [3.05, 3.63) is 0 Å². The number of nitrogens with one attached hydrogen (secondary N) is 1. The Morgan fingerprint density at radius 1 is 1.38 bits per heavy atom. The normalized spacial score (nSPS) is 19.9. The van der Waals surface area contributed by atoms with Crippen molar-refractivity contribution in [3.63, 3.8) is 0 Å². The van der Waals surface area contributed by atoms with E-state index in [0.717, 1.165) is 0 Å². The van der Waals surface area contributed by atoms with Gasteiger partial charge in [-0.15, -0.1) is 0 Å². The predicted octanol–water partition coefficient (Wildman–Crippen LogP) is 0.714. The van der Waals surface area contributed by atoms with Crippen LogP contribution in [-0.2, 0) is 23.9 Å². The molecule has 1 amide bonds. The van der Waals surface area contributed by atoms with Crippen LogP contribution in [0.2, 0.25) is 0 Å². The summed E-state index contributed by atoms with van der Waals surface area (Å²) in [6, 6.07) is -1.09. The Balaban J connectivity index is 2.44. The van der Waals surface area contributed by atoms with Crippen molar-refractivity contribution < 1.29 is 29.0 Å². The summed E-state index contributed by atoms with van der Waals surface area (Å²) in [4.78, 5) is 34.6. The second-order valence-electron chi connectivity index (χ2n) is 6.09. The van der Waals surface area contributed by atoms with E-state index in [1.807, 2.05) is 0 Å². The largest absolute Gasteiger partial charge is 0.480 e. The first kappa shape index (κ1) is 17.4. The van der Waals surface area contributed by atoms with Crippen molar-refractivity contribution in [2.75, 3.05) is 13.2 Å². The standard InChI is InChI=1S/C14H23NO6/c1-14(2,3)21-11(16)5-4-10(13(18)19)15-12(17)9-6-7-20-8-9/h9-10H,4-8H2,1-3H3,(H,15,17)(H,18,19)/t9?,10-/m1/s1. The lowest BCUT2D eigenvalue weighted by Gasteiger charge is -2.21. The molecule has 1 fully saturated rings. The second-order valence-corrected chi connectivity index (χ2v) is 6.09. The summed E-state index contributed by atoms with van der Waals surface area (Å²) < 4.78 is 10.2. The van der Waals surface area contributed by atoms with E-state index >= 15 is 0 Å². The van der Waals surface area contributed by atoms with Crippen LogP contribution in [-0.4, -0.2) is 47.8 Å². The minimum absolute atomic E-state index is 0.00354. The fraction of sp³-hybridized carbons (Fsp3) is 0.786. The lowest BCUT2D eigenvalue weighted by molar-refractivity contribution is -0.155. The maximum absolute atomic E-state index is 11.9. The molecule has 1 heterocycles. The molecule has 0 radical (unpaired) electrons. The van der Waals surface area contributed by atoms with Gasteiger partial charge in [-0.2, -0.15) is 0 Å². The first-order chi connectivity index (χ1) is 9.69. The number of carboxylic acid groups (broad SMARTS) is 1. The van der Waals surface area contributed by atoms with Crippen LogP contribution in [0.4, 0.5) is 0 Å². The number of ether oxygens (including phenoxy) is 2. The molecule has 2 N–H and O–H groups in total. The highest BCUT2D eigenvalue weighted by atomic mass is 16.6. The summed E-state index contributed by atoms with van der Waals surface area (Å²) >= 11 is 0. The molecule has 0 aromatic carbocycles. The van der Waals surface area contributed by atoms with Crippen LogP contribution < -0.4 is 5.32 Å². The van der Waals surface area contributed by atoms with E-state index in [1.54, 1.807) is 20.8 Å². The van der Waals surface area contributed by atoms with Gasteiger partial charge in [0, 0.05) is 13.0 Å². The molecule has 7 heteroatoms. The zero-order valence-electron chi connectivity index (χ0n) is 12.7. The molecular formula is C14H23NO6. The molecule has 120 valence electrons. The van der Waals surface area contributed by atoms with Gasteiger partial charge in [-0.1, -0.05) is 0 Å². The van der Waals surface area contributed by atoms with Crippen molar-refractivity contribution in [1.82, 2.24) is 5.32 Å². The molecule has 1 rings (SSSR count). The van der Waals surface area contributed by atoms with E-state index in [-0.39, 0.29) is 24.7 Å². The van der Waals surface area contributed by atoms with Gasteiger partial charge in [-0.05, 0) is 33.6 Å². The van der Waals surface area contributed by atoms with E-state index in [9.17, 15) is 14.4 Å². The summed E-state index contributed by atoms with van der Waals surface area (Å²) in [7, 11) is 0. The molecule has 1 saturated heterocycles. The minimum Gasteiger partial charge on any atom is -0.480 e. The number of amides is 1. The molecule has 2 atom stereocenters. The van der Waals surface area contributed by atoms with Crippen molar-refractivity contribution in [2.45, 2.75) is 51.7 Å². The van der Waals surface area contributed by atoms with E-state index < -0.39 is 23.6 Å². The fourth-order valence-corrected chi connectivity index (χ4v) is 1.94. The molecule has 0 saturated carbocycles. The third kappa shape index (κ3) is 6.57. The van der Waals surface area contributed by atoms with Crippen LogP contribution in [0.25, 0.3) is 0 Å². The molecule has 21 heavy (non-hydrogen) atoms. The quantitative estimate of drug-likeness (QED) is 0.701. The SMILES string of the molecule is CC(C)(C)OC(=O)CC[C@@H](NC(=O)C1CCOC1)C(=O)O. The van der Waals surface area contributed by atoms with E-state index in [4.69, 9.17) is 14.6 Å². The van der Waals surface area contributed by atoms with E-state index in [2.05, 4.69) is 5.32 Å². The predicted molar refractivity (Wildman–Crippen MR) is 73.6 cm³/mol. The number of carbonyl (C=O) groups is 3. The van der Waals surface area contributed by atoms with Gasteiger partial charge in [0.25, 0.3) is 0 Å². The average molecular weight is 301 g/mol. The van der Waals surface area contributed by atoms with Crippen molar-refractivity contribution >= 4 is 17.8 Å². The average Bonchev–Trinajstić information content (AvgIpc) is 2.85. The first-order valence-electron chi connectivity index (χ1n) is 7.02. The van der Waals surface area contributed by atoms with Crippen LogP contribution in [0.1, 0.15) is 40.0 Å². The van der Waals surface area contributed by atoms with E-state index in [1.165, 1.54) is 0 Å². The van der Waals surface area contributed by atoms with Crippen molar-refractivity contribution in [1.29, 1.82) is 0 Å². The van der Waals surface area contributed by atoms with Crippen LogP contribution >= 0.6 is 0 Å². The van der Waals surface area contributed by atoms with E-state index in [0.29, 0.717) is 19.6 Å². The lowest BCUT2D eigenvalue weighted by atomic mass is 10.1. The number of hydrogen-bond acceptors (Lipinski definition) is 5. The molecule has 0 aromatic heterocycles. The number of esters is 1. The highest BCUT2D eigenvalue weighted by Gasteiger charge is 2.28. The smallest absolute Gasteiger partial charge is 0.326 e. The molecular weight excluding hydrogens is 278 g/mol. The topological polar surface area (TPSA) is 102 Å². The van der Waals surface area contributed by atoms with Gasteiger partial charge in [0.2, 0.25) is 5.91 Å². The molecule has 1 unspecified atom stereocenters. The third-order valence-electron chi connectivity index (χ3n) is 2.97. The maximum Gasteiger partial charge on any atom is 0.326 e. The highest BCUT2D eigenvalue weighted by Crippen LogP contribution is 2.14. The van der Waals surface area contributed by atoms with Crippen LogP contribution in [0.15, 0.2) is 0 Å². The van der Waals surface area contributed by atoms with Gasteiger partial charge in [-0.3, -0.25) is 9.59 Å². The second kappa shape index (κ2) is 7.40. The number of carboxylic acids is 1. The molecule has 0 aromatic rings.